The number of aliphatic hydroxyl groups is 1. The lowest BCUT2D eigenvalue weighted by Crippen LogP contribution is -2.48. The van der Waals surface area contributed by atoms with Crippen LogP contribution in [0.15, 0.2) is 36.9 Å². The molecule has 4 heteroatoms. The average molecular weight is 309 g/mol. The third-order valence-corrected chi connectivity index (χ3v) is 4.21. The van der Waals surface area contributed by atoms with E-state index >= 15 is 0 Å². The van der Waals surface area contributed by atoms with E-state index in [0.29, 0.717) is 0 Å². The highest BCUT2D eigenvalue weighted by molar-refractivity contribution is 6.30. The lowest BCUT2D eigenvalue weighted by Gasteiger charge is -2.35. The first-order valence-corrected chi connectivity index (χ1v) is 8.03. The van der Waals surface area contributed by atoms with Crippen LogP contribution in [0.5, 0.6) is 0 Å². The summed E-state index contributed by atoms with van der Waals surface area (Å²) in [6, 6.07) is 8.08. The summed E-state index contributed by atoms with van der Waals surface area (Å²) in [7, 11) is 0. The van der Waals surface area contributed by atoms with Gasteiger partial charge < -0.3 is 5.11 Å². The monoisotopic (exact) mass is 308 g/mol. The Hall–Kier alpha value is -0.870. The van der Waals surface area contributed by atoms with Gasteiger partial charge in [-0.2, -0.15) is 0 Å². The summed E-state index contributed by atoms with van der Waals surface area (Å²) in [6.07, 6.45) is 3.34. The molecule has 0 spiro atoms. The lowest BCUT2D eigenvalue weighted by atomic mass is 10.1. The number of piperazine rings is 1. The zero-order chi connectivity index (χ0) is 15.1. The second-order valence-corrected chi connectivity index (χ2v) is 6.16. The fraction of sp³-hybridized carbons (Fsp3) is 0.529. The van der Waals surface area contributed by atoms with Crippen molar-refractivity contribution in [3.05, 3.63) is 47.5 Å². The Bertz CT molecular complexity index is 427. The fourth-order valence-electron chi connectivity index (χ4n) is 2.68. The fourth-order valence-corrected chi connectivity index (χ4v) is 2.80. The minimum atomic E-state index is -0.231. The molecule has 1 heterocycles. The van der Waals surface area contributed by atoms with Gasteiger partial charge in [-0.05, 0) is 30.5 Å². The second kappa shape index (κ2) is 8.54. The van der Waals surface area contributed by atoms with Crippen LogP contribution in [0.2, 0.25) is 5.02 Å². The molecule has 0 aliphatic carbocycles. The molecule has 1 aromatic carbocycles. The van der Waals surface area contributed by atoms with Crippen molar-refractivity contribution in [3.8, 4) is 0 Å². The molecule has 3 nitrogen and oxygen atoms in total. The molecule has 116 valence electrons. The van der Waals surface area contributed by atoms with Gasteiger partial charge in [0, 0.05) is 44.3 Å². The molecule has 1 saturated heterocycles. The second-order valence-electron chi connectivity index (χ2n) is 5.72. The van der Waals surface area contributed by atoms with Gasteiger partial charge in [-0.3, -0.25) is 9.80 Å². The molecule has 0 bridgehead atoms. The maximum absolute atomic E-state index is 9.94. The molecule has 1 atom stereocenters. The number of nitrogens with zero attached hydrogens (tertiary/aromatic N) is 2. The van der Waals surface area contributed by atoms with Gasteiger partial charge in [0.25, 0.3) is 0 Å². The summed E-state index contributed by atoms with van der Waals surface area (Å²) >= 11 is 5.91. The highest BCUT2D eigenvalue weighted by atomic mass is 35.5. The maximum Gasteiger partial charge on any atom is 0.0670 e. The van der Waals surface area contributed by atoms with E-state index in [4.69, 9.17) is 11.6 Å². The molecule has 0 radical (unpaired) electrons. The predicted octanol–water partition coefficient (Wildman–Crippen LogP) is 2.78. The van der Waals surface area contributed by atoms with Crippen LogP contribution in [0.4, 0.5) is 0 Å². The summed E-state index contributed by atoms with van der Waals surface area (Å²) in [4.78, 5) is 4.81. The Morgan fingerprint density at radius 3 is 2.38 bits per heavy atom. The minimum absolute atomic E-state index is 0.231. The minimum Gasteiger partial charge on any atom is -0.392 e. The van der Waals surface area contributed by atoms with E-state index in [9.17, 15) is 5.11 Å². The van der Waals surface area contributed by atoms with E-state index < -0.39 is 0 Å². The van der Waals surface area contributed by atoms with Crippen LogP contribution in [0.1, 0.15) is 18.4 Å². The number of β-amino-alcohol motifs (C(OH)–C–C–N with tert-alkyl or cyclic N) is 1. The Morgan fingerprint density at radius 2 is 1.76 bits per heavy atom. The molecule has 1 aromatic rings. The van der Waals surface area contributed by atoms with E-state index in [1.165, 1.54) is 5.56 Å². The smallest absolute Gasteiger partial charge is 0.0670 e. The molecule has 1 aliphatic heterocycles. The van der Waals surface area contributed by atoms with Gasteiger partial charge in [-0.15, -0.1) is 6.58 Å². The normalized spacial score (nSPS) is 18.6. The molecule has 1 N–H and O–H groups in total. The van der Waals surface area contributed by atoms with Crippen LogP contribution < -0.4 is 0 Å². The van der Waals surface area contributed by atoms with Crippen molar-refractivity contribution in [2.24, 2.45) is 0 Å². The van der Waals surface area contributed by atoms with Crippen molar-refractivity contribution in [2.75, 3.05) is 32.7 Å². The highest BCUT2D eigenvalue weighted by Crippen LogP contribution is 2.13. The number of hydrogen-bond donors (Lipinski definition) is 1. The van der Waals surface area contributed by atoms with E-state index in [1.54, 1.807) is 0 Å². The molecule has 21 heavy (non-hydrogen) atoms. The predicted molar refractivity (Wildman–Crippen MR) is 88.6 cm³/mol. The van der Waals surface area contributed by atoms with Gasteiger partial charge in [-0.1, -0.05) is 29.8 Å². The largest absolute Gasteiger partial charge is 0.392 e. The highest BCUT2D eigenvalue weighted by Gasteiger charge is 2.18. The van der Waals surface area contributed by atoms with Crippen LogP contribution in [-0.4, -0.2) is 53.7 Å². The van der Waals surface area contributed by atoms with Crippen LogP contribution in [0, 0.1) is 0 Å². The summed E-state index contributed by atoms with van der Waals surface area (Å²) < 4.78 is 0. The zero-order valence-electron chi connectivity index (χ0n) is 12.5. The first-order chi connectivity index (χ1) is 10.2. The summed E-state index contributed by atoms with van der Waals surface area (Å²) in [5.41, 5.74) is 1.30. The summed E-state index contributed by atoms with van der Waals surface area (Å²) in [6.45, 7) is 9.61. The molecule has 2 rings (SSSR count). The lowest BCUT2D eigenvalue weighted by molar-refractivity contribution is 0.0669. The molecule has 0 saturated carbocycles. The van der Waals surface area contributed by atoms with Gasteiger partial charge in [0.1, 0.15) is 0 Å². The third kappa shape index (κ3) is 5.79. The van der Waals surface area contributed by atoms with Gasteiger partial charge >= 0.3 is 0 Å². The molecular formula is C17H25ClN2O. The average Bonchev–Trinajstić information content (AvgIpc) is 2.49. The molecule has 0 amide bonds. The van der Waals surface area contributed by atoms with Gasteiger partial charge in [0.15, 0.2) is 0 Å². The Balaban J connectivity index is 1.70. The Kier molecular flexibility index (Phi) is 6.71. The SMILES string of the molecule is C=CCCC(O)CN1CCN(Cc2ccc(Cl)cc2)CC1. The van der Waals surface area contributed by atoms with Crippen molar-refractivity contribution in [1.29, 1.82) is 0 Å². The van der Waals surface area contributed by atoms with E-state index in [0.717, 1.165) is 57.1 Å². The van der Waals surface area contributed by atoms with Crippen molar-refractivity contribution < 1.29 is 5.11 Å². The van der Waals surface area contributed by atoms with Crippen molar-refractivity contribution in [3.63, 3.8) is 0 Å². The number of allylic oxidation sites excluding steroid dienone is 1. The van der Waals surface area contributed by atoms with Crippen molar-refractivity contribution in [1.82, 2.24) is 9.80 Å². The van der Waals surface area contributed by atoms with Gasteiger partial charge in [0.2, 0.25) is 0 Å². The number of rotatable bonds is 7. The Morgan fingerprint density at radius 1 is 1.14 bits per heavy atom. The van der Waals surface area contributed by atoms with E-state index in [2.05, 4.69) is 28.5 Å². The summed E-state index contributed by atoms with van der Waals surface area (Å²) in [5, 5.41) is 10.7. The van der Waals surface area contributed by atoms with Crippen LogP contribution in [-0.2, 0) is 6.54 Å². The summed E-state index contributed by atoms with van der Waals surface area (Å²) in [5.74, 6) is 0. The quantitative estimate of drug-likeness (QED) is 0.785. The standard InChI is InChI=1S/C17H25ClN2O/c1-2-3-4-17(21)14-20-11-9-19(10-12-20)13-15-5-7-16(18)8-6-15/h2,5-8,17,21H,1,3-4,9-14H2. The molecule has 1 fully saturated rings. The number of benzene rings is 1. The van der Waals surface area contributed by atoms with Crippen molar-refractivity contribution >= 4 is 11.6 Å². The first kappa shape index (κ1) is 16.5. The third-order valence-electron chi connectivity index (χ3n) is 3.96. The van der Waals surface area contributed by atoms with Crippen molar-refractivity contribution in [2.45, 2.75) is 25.5 Å². The molecule has 1 aliphatic rings. The van der Waals surface area contributed by atoms with Gasteiger partial charge in [0.05, 0.1) is 6.10 Å². The van der Waals surface area contributed by atoms with Crippen LogP contribution in [0.25, 0.3) is 0 Å². The molecule has 0 aromatic heterocycles. The maximum atomic E-state index is 9.94. The van der Waals surface area contributed by atoms with Crippen LogP contribution in [0.3, 0.4) is 0 Å². The Labute approximate surface area is 132 Å². The number of aliphatic hydroxyl groups excluding tert-OH is 1. The van der Waals surface area contributed by atoms with E-state index in [-0.39, 0.29) is 6.10 Å². The van der Waals surface area contributed by atoms with Gasteiger partial charge in [-0.25, -0.2) is 0 Å². The molecule has 1 unspecified atom stereocenters. The van der Waals surface area contributed by atoms with E-state index in [1.807, 2.05) is 18.2 Å². The number of hydrogen-bond acceptors (Lipinski definition) is 3. The first-order valence-electron chi connectivity index (χ1n) is 7.65. The topological polar surface area (TPSA) is 26.7 Å². The number of halogens is 1. The van der Waals surface area contributed by atoms with Crippen LogP contribution >= 0.6 is 11.6 Å². The zero-order valence-corrected chi connectivity index (χ0v) is 13.3. The molecular weight excluding hydrogens is 284 g/mol.